The molecule has 0 fully saturated rings. The van der Waals surface area contributed by atoms with E-state index in [9.17, 15) is 4.79 Å². The summed E-state index contributed by atoms with van der Waals surface area (Å²) in [6, 6.07) is 8.07. The average Bonchev–Trinajstić information content (AvgIpc) is 3.28. The molecule has 1 aromatic carbocycles. The maximum Gasteiger partial charge on any atom is 0.319 e. The van der Waals surface area contributed by atoms with Gasteiger partial charge in [-0.3, -0.25) is 9.36 Å². The van der Waals surface area contributed by atoms with Gasteiger partial charge in [0.05, 0.1) is 19.8 Å². The van der Waals surface area contributed by atoms with Crippen molar-refractivity contribution in [2.75, 3.05) is 20.3 Å². The molecule has 0 spiro atoms. The molecule has 144 valence electrons. The van der Waals surface area contributed by atoms with Crippen molar-refractivity contribution in [3.63, 3.8) is 0 Å². The molecular formula is C19H24N4O3S. The SMILES string of the molecule is CCOC(=O)C(CC)Sc1nnc(-c2c[nH]c3ccccc23)n1CCOC. The Kier molecular flexibility index (Phi) is 6.52. The van der Waals surface area contributed by atoms with E-state index < -0.39 is 0 Å². The van der Waals surface area contributed by atoms with Crippen LogP contribution in [0.5, 0.6) is 0 Å². The number of ether oxygens (including phenoxy) is 2. The van der Waals surface area contributed by atoms with Gasteiger partial charge in [-0.25, -0.2) is 0 Å². The number of rotatable bonds is 9. The van der Waals surface area contributed by atoms with E-state index in [2.05, 4.69) is 21.2 Å². The number of hydrogen-bond donors (Lipinski definition) is 1. The normalized spacial score (nSPS) is 12.4. The van der Waals surface area contributed by atoms with Gasteiger partial charge >= 0.3 is 5.97 Å². The lowest BCUT2D eigenvalue weighted by atomic mass is 10.1. The molecule has 3 rings (SSSR count). The number of carbonyl (C=O) groups excluding carboxylic acids is 1. The summed E-state index contributed by atoms with van der Waals surface area (Å²) in [5.74, 6) is 0.533. The van der Waals surface area contributed by atoms with Crippen LogP contribution < -0.4 is 0 Å². The van der Waals surface area contributed by atoms with E-state index in [0.29, 0.717) is 31.3 Å². The van der Waals surface area contributed by atoms with Gasteiger partial charge in [-0.05, 0) is 19.4 Å². The van der Waals surface area contributed by atoms with Crippen LogP contribution in [0, 0.1) is 0 Å². The number of methoxy groups -OCH3 is 1. The van der Waals surface area contributed by atoms with Crippen LogP contribution in [0.1, 0.15) is 20.3 Å². The Hall–Kier alpha value is -2.32. The Labute approximate surface area is 162 Å². The summed E-state index contributed by atoms with van der Waals surface area (Å²) in [4.78, 5) is 15.5. The first kappa shape index (κ1) is 19.4. The molecule has 3 aromatic rings. The largest absolute Gasteiger partial charge is 0.465 e. The number of aromatic nitrogens is 4. The third-order valence-corrected chi connectivity index (χ3v) is 5.56. The van der Waals surface area contributed by atoms with Crippen molar-refractivity contribution in [3.05, 3.63) is 30.5 Å². The molecule has 8 heteroatoms. The van der Waals surface area contributed by atoms with Gasteiger partial charge in [0.2, 0.25) is 0 Å². The van der Waals surface area contributed by atoms with Crippen molar-refractivity contribution in [1.82, 2.24) is 19.7 Å². The van der Waals surface area contributed by atoms with E-state index in [1.165, 1.54) is 11.8 Å². The van der Waals surface area contributed by atoms with E-state index in [-0.39, 0.29) is 11.2 Å². The first-order valence-corrected chi connectivity index (χ1v) is 9.89. The maximum absolute atomic E-state index is 12.2. The lowest BCUT2D eigenvalue weighted by molar-refractivity contribution is -0.142. The maximum atomic E-state index is 12.2. The standard InChI is InChI=1S/C19H24N4O3S/c1-4-16(18(24)26-5-2)27-19-22-21-17(23(19)10-11-25-3)14-12-20-15-9-7-6-8-13(14)15/h6-9,12,16,20H,4-5,10-11H2,1-3H3. The number of benzene rings is 1. The van der Waals surface area contributed by atoms with Crippen molar-refractivity contribution >= 4 is 28.6 Å². The van der Waals surface area contributed by atoms with E-state index >= 15 is 0 Å². The Morgan fingerprint density at radius 3 is 2.85 bits per heavy atom. The van der Waals surface area contributed by atoms with Crippen LogP contribution in [0.4, 0.5) is 0 Å². The highest BCUT2D eigenvalue weighted by molar-refractivity contribution is 8.00. The molecule has 27 heavy (non-hydrogen) atoms. The molecule has 0 saturated heterocycles. The van der Waals surface area contributed by atoms with Crippen LogP contribution >= 0.6 is 11.8 Å². The van der Waals surface area contributed by atoms with E-state index in [1.807, 2.05) is 42.8 Å². The molecule has 2 aromatic heterocycles. The first-order chi connectivity index (χ1) is 13.2. The van der Waals surface area contributed by atoms with E-state index in [4.69, 9.17) is 9.47 Å². The van der Waals surface area contributed by atoms with Crippen molar-refractivity contribution in [3.8, 4) is 11.4 Å². The topological polar surface area (TPSA) is 82.0 Å². The molecule has 0 amide bonds. The number of esters is 1. The monoisotopic (exact) mass is 388 g/mol. The second kappa shape index (κ2) is 9.05. The number of nitrogens with zero attached hydrogens (tertiary/aromatic N) is 3. The highest BCUT2D eigenvalue weighted by Crippen LogP contribution is 2.32. The summed E-state index contributed by atoms with van der Waals surface area (Å²) in [6.07, 6.45) is 2.60. The lowest BCUT2D eigenvalue weighted by Crippen LogP contribution is -2.20. The molecule has 1 unspecified atom stereocenters. The molecule has 0 radical (unpaired) electrons. The molecule has 0 saturated carbocycles. The quantitative estimate of drug-likeness (QED) is 0.446. The number of hydrogen-bond acceptors (Lipinski definition) is 6. The second-order valence-electron chi connectivity index (χ2n) is 5.97. The summed E-state index contributed by atoms with van der Waals surface area (Å²) >= 11 is 1.39. The minimum Gasteiger partial charge on any atom is -0.465 e. The fourth-order valence-corrected chi connectivity index (χ4v) is 3.85. The van der Waals surface area contributed by atoms with Gasteiger partial charge in [-0.2, -0.15) is 0 Å². The van der Waals surface area contributed by atoms with Crippen LogP contribution in [-0.2, 0) is 20.8 Å². The van der Waals surface area contributed by atoms with Crippen LogP contribution in [0.3, 0.4) is 0 Å². The van der Waals surface area contributed by atoms with E-state index in [0.717, 1.165) is 22.3 Å². The average molecular weight is 388 g/mol. The lowest BCUT2D eigenvalue weighted by Gasteiger charge is -2.14. The molecule has 0 aliphatic rings. The molecular weight excluding hydrogens is 364 g/mol. The second-order valence-corrected chi connectivity index (χ2v) is 7.14. The van der Waals surface area contributed by atoms with Crippen molar-refractivity contribution in [2.45, 2.75) is 37.2 Å². The third kappa shape index (κ3) is 4.17. The fraction of sp³-hybridized carbons (Fsp3) is 0.421. The number of nitrogens with one attached hydrogen (secondary N) is 1. The van der Waals surface area contributed by atoms with Gasteiger partial charge in [-0.15, -0.1) is 10.2 Å². The van der Waals surface area contributed by atoms with Crippen molar-refractivity contribution in [2.24, 2.45) is 0 Å². The number of para-hydroxylation sites is 1. The van der Waals surface area contributed by atoms with Crippen molar-refractivity contribution in [1.29, 1.82) is 0 Å². The minimum absolute atomic E-state index is 0.222. The summed E-state index contributed by atoms with van der Waals surface area (Å²) in [5, 5.41) is 10.2. The number of thioether (sulfide) groups is 1. The molecule has 1 atom stereocenters. The molecule has 0 aliphatic carbocycles. The summed E-state index contributed by atoms with van der Waals surface area (Å²) in [6.45, 7) is 5.26. The Morgan fingerprint density at radius 1 is 1.30 bits per heavy atom. The third-order valence-electron chi connectivity index (χ3n) is 4.23. The highest BCUT2D eigenvalue weighted by Gasteiger charge is 2.24. The number of aromatic amines is 1. The number of carbonyl (C=O) groups is 1. The highest BCUT2D eigenvalue weighted by atomic mass is 32.2. The van der Waals surface area contributed by atoms with Gasteiger partial charge in [0.1, 0.15) is 5.25 Å². The molecule has 0 aliphatic heterocycles. The minimum atomic E-state index is -0.314. The Morgan fingerprint density at radius 2 is 2.11 bits per heavy atom. The van der Waals surface area contributed by atoms with Crippen LogP contribution in [-0.4, -0.2) is 51.3 Å². The summed E-state index contributed by atoms with van der Waals surface area (Å²) in [5.41, 5.74) is 2.02. The van der Waals surface area contributed by atoms with Crippen LogP contribution in [0.25, 0.3) is 22.3 Å². The zero-order valence-corrected chi connectivity index (χ0v) is 16.6. The zero-order chi connectivity index (χ0) is 19.2. The predicted molar refractivity (Wildman–Crippen MR) is 106 cm³/mol. The summed E-state index contributed by atoms with van der Waals surface area (Å²) < 4.78 is 12.4. The molecule has 0 bridgehead atoms. The number of H-pyrrole nitrogens is 1. The molecule has 2 heterocycles. The zero-order valence-electron chi connectivity index (χ0n) is 15.8. The van der Waals surface area contributed by atoms with Crippen LogP contribution in [0.15, 0.2) is 35.6 Å². The predicted octanol–water partition coefficient (Wildman–Crippen LogP) is 3.51. The van der Waals surface area contributed by atoms with Gasteiger partial charge in [0.25, 0.3) is 0 Å². The van der Waals surface area contributed by atoms with E-state index in [1.54, 1.807) is 7.11 Å². The Bertz CT molecular complexity index is 905. The molecule has 1 N–H and O–H groups in total. The Balaban J connectivity index is 1.97. The van der Waals surface area contributed by atoms with Crippen molar-refractivity contribution < 1.29 is 14.3 Å². The fourth-order valence-electron chi connectivity index (χ4n) is 2.88. The van der Waals surface area contributed by atoms with Gasteiger partial charge in [-0.1, -0.05) is 36.9 Å². The van der Waals surface area contributed by atoms with Gasteiger partial charge in [0.15, 0.2) is 11.0 Å². The van der Waals surface area contributed by atoms with Crippen LogP contribution in [0.2, 0.25) is 0 Å². The number of fused-ring (bicyclic) bond motifs is 1. The van der Waals surface area contributed by atoms with Gasteiger partial charge < -0.3 is 14.5 Å². The van der Waals surface area contributed by atoms with Gasteiger partial charge in [0, 0.05) is 29.8 Å². The summed E-state index contributed by atoms with van der Waals surface area (Å²) in [7, 11) is 1.66. The molecule has 7 nitrogen and oxygen atoms in total. The smallest absolute Gasteiger partial charge is 0.319 e. The first-order valence-electron chi connectivity index (χ1n) is 9.01.